The first-order valence-corrected chi connectivity index (χ1v) is 8.95. The van der Waals surface area contributed by atoms with Gasteiger partial charge in [0.05, 0.1) is 18.1 Å². The van der Waals surface area contributed by atoms with Crippen LogP contribution in [0.2, 0.25) is 0 Å². The van der Waals surface area contributed by atoms with E-state index in [4.69, 9.17) is 0 Å². The molecule has 1 fully saturated rings. The van der Waals surface area contributed by atoms with E-state index >= 15 is 0 Å². The van der Waals surface area contributed by atoms with Gasteiger partial charge >= 0.3 is 6.03 Å². The summed E-state index contributed by atoms with van der Waals surface area (Å²) in [5.41, 5.74) is 1.96. The summed E-state index contributed by atoms with van der Waals surface area (Å²) < 4.78 is 0. The van der Waals surface area contributed by atoms with Crippen molar-refractivity contribution in [2.75, 3.05) is 18.4 Å². The fourth-order valence-electron chi connectivity index (χ4n) is 3.09. The smallest absolute Gasteiger partial charge is 0.321 e. The maximum Gasteiger partial charge on any atom is 0.321 e. The molecule has 0 saturated carbocycles. The van der Waals surface area contributed by atoms with Gasteiger partial charge in [0.25, 0.3) is 0 Å². The van der Waals surface area contributed by atoms with Crippen molar-refractivity contribution in [2.24, 2.45) is 0 Å². The fraction of sp³-hybridized carbons (Fsp3) is 0.474. The van der Waals surface area contributed by atoms with Crippen molar-refractivity contribution in [1.29, 1.82) is 0 Å². The first-order valence-electron chi connectivity index (χ1n) is 8.95. The molecule has 3 heterocycles. The minimum atomic E-state index is -0.0759. The largest absolute Gasteiger partial charge is 0.324 e. The summed E-state index contributed by atoms with van der Waals surface area (Å²) in [7, 11) is 0. The Morgan fingerprint density at radius 3 is 2.48 bits per heavy atom. The topological polar surface area (TPSA) is 71.0 Å². The number of aromatic nitrogens is 3. The van der Waals surface area contributed by atoms with Crippen LogP contribution in [0.3, 0.4) is 0 Å². The van der Waals surface area contributed by atoms with E-state index < -0.39 is 0 Å². The second-order valence-corrected chi connectivity index (χ2v) is 6.61. The predicted molar refractivity (Wildman–Crippen MR) is 97.5 cm³/mol. The molecule has 3 rings (SSSR count). The van der Waals surface area contributed by atoms with E-state index in [2.05, 4.69) is 46.2 Å². The van der Waals surface area contributed by atoms with E-state index in [0.29, 0.717) is 17.5 Å². The number of hydrogen-bond acceptors (Lipinski definition) is 4. The summed E-state index contributed by atoms with van der Waals surface area (Å²) in [5, 5.41) is 2.90. The van der Waals surface area contributed by atoms with Gasteiger partial charge in [-0.25, -0.2) is 14.8 Å². The van der Waals surface area contributed by atoms with E-state index in [9.17, 15) is 4.79 Å². The molecule has 0 aromatic carbocycles. The maximum atomic E-state index is 12.4. The van der Waals surface area contributed by atoms with Crippen molar-refractivity contribution in [1.82, 2.24) is 19.9 Å². The normalized spacial score (nSPS) is 16.5. The molecule has 0 bridgehead atoms. The summed E-state index contributed by atoms with van der Waals surface area (Å²) in [6.45, 7) is 5.72. The van der Waals surface area contributed by atoms with Crippen molar-refractivity contribution in [3.05, 3.63) is 48.3 Å². The number of piperidine rings is 1. The molecule has 6 nitrogen and oxygen atoms in total. The number of carbonyl (C=O) groups excluding carboxylic acids is 1. The Balaban J connectivity index is 1.53. The van der Waals surface area contributed by atoms with E-state index in [1.54, 1.807) is 12.4 Å². The number of urea groups is 1. The minimum Gasteiger partial charge on any atom is -0.324 e. The molecule has 132 valence electrons. The molecule has 1 aliphatic rings. The zero-order valence-electron chi connectivity index (χ0n) is 14.9. The Morgan fingerprint density at radius 2 is 1.88 bits per heavy atom. The predicted octanol–water partition coefficient (Wildman–Crippen LogP) is 3.80. The lowest BCUT2D eigenvalue weighted by molar-refractivity contribution is 0.194. The number of amides is 2. The molecule has 1 aliphatic heterocycles. The molecule has 2 aromatic rings. The zero-order chi connectivity index (χ0) is 17.6. The number of rotatable bonds is 4. The van der Waals surface area contributed by atoms with Crippen molar-refractivity contribution in [3.63, 3.8) is 0 Å². The molecular formula is C19H25N5O. The van der Waals surface area contributed by atoms with Gasteiger partial charge in [-0.1, -0.05) is 13.8 Å². The van der Waals surface area contributed by atoms with Gasteiger partial charge in [0.2, 0.25) is 0 Å². The summed E-state index contributed by atoms with van der Waals surface area (Å²) in [4.78, 5) is 27.1. The highest BCUT2D eigenvalue weighted by Gasteiger charge is 2.24. The molecule has 0 unspecified atom stereocenters. The Kier molecular flexibility index (Phi) is 5.58. The van der Waals surface area contributed by atoms with Gasteiger partial charge in [0, 0.05) is 31.4 Å². The first-order chi connectivity index (χ1) is 12.2. The van der Waals surface area contributed by atoms with Crippen LogP contribution in [0.25, 0.3) is 0 Å². The van der Waals surface area contributed by atoms with E-state index in [1.807, 2.05) is 17.3 Å². The van der Waals surface area contributed by atoms with Gasteiger partial charge in [0.1, 0.15) is 5.82 Å². The highest BCUT2D eigenvalue weighted by Crippen LogP contribution is 2.27. The zero-order valence-corrected chi connectivity index (χ0v) is 14.9. The van der Waals surface area contributed by atoms with E-state index in [-0.39, 0.29) is 6.03 Å². The van der Waals surface area contributed by atoms with Crippen LogP contribution in [0.1, 0.15) is 56.3 Å². The quantitative estimate of drug-likeness (QED) is 0.920. The monoisotopic (exact) mass is 339 g/mol. The average Bonchev–Trinajstić information content (AvgIpc) is 2.68. The summed E-state index contributed by atoms with van der Waals surface area (Å²) >= 11 is 0. The lowest BCUT2D eigenvalue weighted by atomic mass is 9.90. The summed E-state index contributed by atoms with van der Waals surface area (Å²) in [6.07, 6.45) is 9.99. The van der Waals surface area contributed by atoms with E-state index in [0.717, 1.165) is 38.2 Å². The van der Waals surface area contributed by atoms with Crippen LogP contribution in [0.4, 0.5) is 10.5 Å². The van der Waals surface area contributed by atoms with Crippen molar-refractivity contribution in [2.45, 2.75) is 44.9 Å². The molecule has 0 aliphatic carbocycles. The highest BCUT2D eigenvalue weighted by atomic mass is 16.2. The second-order valence-electron chi connectivity index (χ2n) is 6.61. The van der Waals surface area contributed by atoms with Crippen LogP contribution in [-0.4, -0.2) is 39.0 Å². The van der Waals surface area contributed by atoms with Gasteiger partial charge in [-0.05, 0) is 42.9 Å². The van der Waals surface area contributed by atoms with Crippen LogP contribution >= 0.6 is 0 Å². The molecule has 2 aromatic heterocycles. The van der Waals surface area contributed by atoms with Crippen LogP contribution in [0.15, 0.2) is 36.9 Å². The standard InChI is InChI=1S/C19H25N5O/c1-3-14(2)18-21-12-17(13-22-18)23-19(25)24-10-6-16(7-11-24)15-4-8-20-9-5-15/h4-5,8-9,12-14,16H,3,6-7,10-11H2,1-2H3,(H,23,25)/t14-/m0/s1. The van der Waals surface area contributed by atoms with Gasteiger partial charge in [-0.15, -0.1) is 0 Å². The summed E-state index contributed by atoms with van der Waals surface area (Å²) in [5.74, 6) is 1.65. The number of nitrogens with zero attached hydrogens (tertiary/aromatic N) is 4. The van der Waals surface area contributed by atoms with Crippen LogP contribution in [0, 0.1) is 0 Å². The highest BCUT2D eigenvalue weighted by molar-refractivity contribution is 5.89. The number of nitrogens with one attached hydrogen (secondary N) is 1. The molecular weight excluding hydrogens is 314 g/mol. The Morgan fingerprint density at radius 1 is 1.24 bits per heavy atom. The maximum absolute atomic E-state index is 12.4. The molecule has 0 radical (unpaired) electrons. The molecule has 6 heteroatoms. The first kappa shape index (κ1) is 17.3. The van der Waals surface area contributed by atoms with E-state index in [1.165, 1.54) is 5.56 Å². The lowest BCUT2D eigenvalue weighted by Gasteiger charge is -2.32. The second kappa shape index (κ2) is 8.05. The van der Waals surface area contributed by atoms with Gasteiger partial charge in [0.15, 0.2) is 0 Å². The van der Waals surface area contributed by atoms with Gasteiger partial charge < -0.3 is 10.2 Å². The number of carbonyl (C=O) groups is 1. The number of likely N-dealkylation sites (tertiary alicyclic amines) is 1. The molecule has 2 amide bonds. The lowest BCUT2D eigenvalue weighted by Crippen LogP contribution is -2.40. The number of anilines is 1. The molecule has 1 saturated heterocycles. The third-order valence-electron chi connectivity index (χ3n) is 4.94. The van der Waals surface area contributed by atoms with Crippen molar-refractivity contribution < 1.29 is 4.79 Å². The van der Waals surface area contributed by atoms with Crippen LogP contribution < -0.4 is 5.32 Å². The van der Waals surface area contributed by atoms with Gasteiger partial charge in [-0.2, -0.15) is 0 Å². The molecule has 0 spiro atoms. The molecule has 1 N–H and O–H groups in total. The van der Waals surface area contributed by atoms with Crippen LogP contribution in [-0.2, 0) is 0 Å². The molecule has 25 heavy (non-hydrogen) atoms. The van der Waals surface area contributed by atoms with Crippen LogP contribution in [0.5, 0.6) is 0 Å². The van der Waals surface area contributed by atoms with Gasteiger partial charge in [-0.3, -0.25) is 4.98 Å². The third-order valence-corrected chi connectivity index (χ3v) is 4.94. The Hall–Kier alpha value is -2.50. The Bertz CT molecular complexity index is 681. The Labute approximate surface area is 148 Å². The summed E-state index contributed by atoms with van der Waals surface area (Å²) in [6, 6.07) is 4.06. The third kappa shape index (κ3) is 4.32. The molecule has 1 atom stereocenters. The fourth-order valence-corrected chi connectivity index (χ4v) is 3.09. The average molecular weight is 339 g/mol. The number of pyridine rings is 1. The minimum absolute atomic E-state index is 0.0759. The number of hydrogen-bond donors (Lipinski definition) is 1. The van der Waals surface area contributed by atoms with Crippen molar-refractivity contribution >= 4 is 11.7 Å². The van der Waals surface area contributed by atoms with Crippen molar-refractivity contribution in [3.8, 4) is 0 Å². The SMILES string of the molecule is CC[C@H](C)c1ncc(NC(=O)N2CCC(c3ccncc3)CC2)cn1.